The molecule has 4 rings (SSSR count). The molecule has 1 saturated heterocycles. The second kappa shape index (κ2) is 7.75. The zero-order chi connectivity index (χ0) is 19.4. The van der Waals surface area contributed by atoms with Crippen LogP contribution in [-0.4, -0.2) is 38.3 Å². The van der Waals surface area contributed by atoms with Gasteiger partial charge in [0.25, 0.3) is 0 Å². The highest BCUT2D eigenvalue weighted by molar-refractivity contribution is 6.05. The number of carbonyl (C=O) groups is 1. The molecular formula is C22H21N5O. The van der Waals surface area contributed by atoms with Crippen LogP contribution in [-0.2, 0) is 0 Å². The molecule has 0 bridgehead atoms. The van der Waals surface area contributed by atoms with Crippen LogP contribution in [0.1, 0.15) is 35.8 Å². The van der Waals surface area contributed by atoms with Crippen molar-refractivity contribution < 1.29 is 4.79 Å². The van der Waals surface area contributed by atoms with E-state index in [0.717, 1.165) is 6.42 Å². The van der Waals surface area contributed by atoms with Gasteiger partial charge in [0.2, 0.25) is 0 Å². The number of benzene rings is 1. The fourth-order valence-corrected chi connectivity index (χ4v) is 3.42. The number of nitrogens with zero attached hydrogens (tertiary/aromatic N) is 4. The van der Waals surface area contributed by atoms with Crippen LogP contribution in [0.5, 0.6) is 0 Å². The summed E-state index contributed by atoms with van der Waals surface area (Å²) in [6.07, 6.45) is 6.48. The van der Waals surface area contributed by atoms with Gasteiger partial charge in [0.05, 0.1) is 18.1 Å². The van der Waals surface area contributed by atoms with Crippen LogP contribution in [0.15, 0.2) is 61.1 Å². The number of aromatic nitrogens is 4. The predicted molar refractivity (Wildman–Crippen MR) is 106 cm³/mol. The number of hydrogen-bond acceptors (Lipinski definition) is 5. The van der Waals surface area contributed by atoms with Crippen LogP contribution in [0.25, 0.3) is 5.69 Å². The molecule has 0 radical (unpaired) electrons. The van der Waals surface area contributed by atoms with E-state index in [2.05, 4.69) is 39.3 Å². The number of hydrogen-bond donors (Lipinski definition) is 1. The number of pyridine rings is 1. The van der Waals surface area contributed by atoms with E-state index in [1.165, 1.54) is 4.80 Å². The molecule has 1 N–H and O–H groups in total. The summed E-state index contributed by atoms with van der Waals surface area (Å²) in [5, 5.41) is 11.8. The molecule has 2 atom stereocenters. The van der Waals surface area contributed by atoms with Gasteiger partial charge < -0.3 is 5.32 Å². The van der Waals surface area contributed by atoms with Gasteiger partial charge in [0, 0.05) is 24.3 Å². The average Bonchev–Trinajstić information content (AvgIpc) is 3.29. The monoisotopic (exact) mass is 371 g/mol. The standard InChI is InChI=1S/C22H21N5O/c1-17-9-11-22(16-24-17,12-10-18-6-4-5-13-23-18)21(28)19-7-2-3-8-20(19)27-25-14-15-26-27/h2-8,13-15,17,24H,9,11,16H2,1H3/t17-,22+/m1/s1. The van der Waals surface area contributed by atoms with Crippen molar-refractivity contribution in [3.8, 4) is 17.5 Å². The molecule has 140 valence electrons. The van der Waals surface area contributed by atoms with Gasteiger partial charge in [-0.15, -0.1) is 0 Å². The van der Waals surface area contributed by atoms with Crippen LogP contribution in [0.2, 0.25) is 0 Å². The van der Waals surface area contributed by atoms with Crippen molar-refractivity contribution in [2.24, 2.45) is 5.41 Å². The lowest BCUT2D eigenvalue weighted by atomic mass is 9.73. The Morgan fingerprint density at radius 3 is 2.64 bits per heavy atom. The third-order valence-corrected chi connectivity index (χ3v) is 5.07. The summed E-state index contributed by atoms with van der Waals surface area (Å²) in [4.78, 5) is 19.5. The number of rotatable bonds is 3. The third kappa shape index (κ3) is 3.57. The lowest BCUT2D eigenvalue weighted by Gasteiger charge is -2.35. The molecule has 0 spiro atoms. The normalized spacial score (nSPS) is 21.5. The van der Waals surface area contributed by atoms with Crippen molar-refractivity contribution >= 4 is 5.78 Å². The van der Waals surface area contributed by atoms with E-state index in [4.69, 9.17) is 0 Å². The molecule has 0 aliphatic carbocycles. The van der Waals surface area contributed by atoms with Gasteiger partial charge in [0.15, 0.2) is 5.78 Å². The second-order valence-electron chi connectivity index (χ2n) is 7.03. The third-order valence-electron chi connectivity index (χ3n) is 5.07. The highest BCUT2D eigenvalue weighted by Crippen LogP contribution is 2.33. The van der Waals surface area contributed by atoms with E-state index >= 15 is 0 Å². The molecule has 3 heterocycles. The van der Waals surface area contributed by atoms with Gasteiger partial charge in [-0.3, -0.25) is 4.79 Å². The molecule has 28 heavy (non-hydrogen) atoms. The Morgan fingerprint density at radius 1 is 1.14 bits per heavy atom. The molecule has 0 saturated carbocycles. The van der Waals surface area contributed by atoms with Crippen molar-refractivity contribution in [3.63, 3.8) is 0 Å². The lowest BCUT2D eigenvalue weighted by Crippen LogP contribution is -2.48. The second-order valence-corrected chi connectivity index (χ2v) is 7.03. The molecule has 6 heteroatoms. The first kappa shape index (κ1) is 18.1. The molecule has 6 nitrogen and oxygen atoms in total. The van der Waals surface area contributed by atoms with Crippen LogP contribution < -0.4 is 5.32 Å². The predicted octanol–water partition coefficient (Wildman–Crippen LogP) is 2.66. The average molecular weight is 371 g/mol. The van der Waals surface area contributed by atoms with E-state index in [1.54, 1.807) is 18.6 Å². The number of piperidine rings is 1. The van der Waals surface area contributed by atoms with E-state index < -0.39 is 5.41 Å². The number of ketones is 1. The zero-order valence-electron chi connectivity index (χ0n) is 15.7. The van der Waals surface area contributed by atoms with Crippen LogP contribution in [0.4, 0.5) is 0 Å². The van der Waals surface area contributed by atoms with Crippen molar-refractivity contribution in [3.05, 3.63) is 72.3 Å². The number of nitrogens with one attached hydrogen (secondary N) is 1. The molecular weight excluding hydrogens is 350 g/mol. The lowest BCUT2D eigenvalue weighted by molar-refractivity contribution is 0.0815. The molecule has 3 aromatic rings. The van der Waals surface area contributed by atoms with Gasteiger partial charge in [0.1, 0.15) is 11.1 Å². The molecule has 1 aliphatic heterocycles. The first-order valence-electron chi connectivity index (χ1n) is 9.36. The Balaban J connectivity index is 1.76. The van der Waals surface area contributed by atoms with Crippen LogP contribution in [0, 0.1) is 17.3 Å². The minimum Gasteiger partial charge on any atom is -0.312 e. The van der Waals surface area contributed by atoms with Gasteiger partial charge in [-0.05, 0) is 50.0 Å². The van der Waals surface area contributed by atoms with Crippen molar-refractivity contribution in [1.29, 1.82) is 0 Å². The smallest absolute Gasteiger partial charge is 0.184 e. The highest BCUT2D eigenvalue weighted by Gasteiger charge is 2.41. The zero-order valence-corrected chi connectivity index (χ0v) is 15.7. The first-order valence-corrected chi connectivity index (χ1v) is 9.36. The highest BCUT2D eigenvalue weighted by atomic mass is 16.1. The Morgan fingerprint density at radius 2 is 1.93 bits per heavy atom. The quantitative estimate of drug-likeness (QED) is 0.566. The van der Waals surface area contributed by atoms with Crippen molar-refractivity contribution in [2.75, 3.05) is 6.54 Å². The van der Waals surface area contributed by atoms with E-state index in [1.807, 2.05) is 42.5 Å². The maximum atomic E-state index is 13.7. The summed E-state index contributed by atoms with van der Waals surface area (Å²) >= 11 is 0. The molecule has 0 unspecified atom stereocenters. The van der Waals surface area contributed by atoms with Gasteiger partial charge in [-0.1, -0.05) is 24.1 Å². The molecule has 1 fully saturated rings. The fourth-order valence-electron chi connectivity index (χ4n) is 3.42. The molecule has 1 aromatic carbocycles. The summed E-state index contributed by atoms with van der Waals surface area (Å²) in [5.41, 5.74) is 1.09. The van der Waals surface area contributed by atoms with E-state index in [0.29, 0.717) is 36.0 Å². The summed E-state index contributed by atoms with van der Waals surface area (Å²) < 4.78 is 0. The van der Waals surface area contributed by atoms with Gasteiger partial charge in [-0.25, -0.2) is 4.98 Å². The summed E-state index contributed by atoms with van der Waals surface area (Å²) in [6.45, 7) is 2.63. The summed E-state index contributed by atoms with van der Waals surface area (Å²) in [5.74, 6) is 6.37. The van der Waals surface area contributed by atoms with E-state index in [-0.39, 0.29) is 5.78 Å². The van der Waals surface area contributed by atoms with E-state index in [9.17, 15) is 4.79 Å². The maximum absolute atomic E-state index is 13.7. The minimum absolute atomic E-state index is 0.0109. The number of Topliss-reactive ketones (excluding diaryl/α,β-unsaturated/α-hetero) is 1. The van der Waals surface area contributed by atoms with Crippen LogP contribution >= 0.6 is 0 Å². The topological polar surface area (TPSA) is 72.7 Å². The number of para-hydroxylation sites is 1. The van der Waals surface area contributed by atoms with Crippen molar-refractivity contribution in [1.82, 2.24) is 25.3 Å². The Bertz CT molecular complexity index is 1010. The molecule has 1 aliphatic rings. The Hall–Kier alpha value is -3.30. The van der Waals surface area contributed by atoms with Crippen molar-refractivity contribution in [2.45, 2.75) is 25.8 Å². The summed E-state index contributed by atoms with van der Waals surface area (Å²) in [6, 6.07) is 13.4. The molecule has 0 amide bonds. The number of carbonyl (C=O) groups excluding carboxylic acids is 1. The maximum Gasteiger partial charge on any atom is 0.184 e. The largest absolute Gasteiger partial charge is 0.312 e. The Labute approximate surface area is 164 Å². The fraction of sp³-hybridized carbons (Fsp3) is 0.273. The minimum atomic E-state index is -0.812. The van der Waals surface area contributed by atoms with Crippen LogP contribution in [0.3, 0.4) is 0 Å². The summed E-state index contributed by atoms with van der Waals surface area (Å²) in [7, 11) is 0. The van der Waals surface area contributed by atoms with Gasteiger partial charge >= 0.3 is 0 Å². The SMILES string of the molecule is C[C@@H]1CC[C@@](C#Cc2ccccn2)(C(=O)c2ccccc2-n2nccn2)CN1. The molecule has 2 aromatic heterocycles. The first-order chi connectivity index (χ1) is 13.7. The van der Waals surface area contributed by atoms with Gasteiger partial charge in [-0.2, -0.15) is 15.0 Å². The Kier molecular flexibility index (Phi) is 5.00.